The number of nitro groups is 1. The summed E-state index contributed by atoms with van der Waals surface area (Å²) in [6.45, 7) is -1.04. The van der Waals surface area contributed by atoms with Crippen LogP contribution < -0.4 is 4.72 Å². The Hall–Kier alpha value is -3.06. The lowest BCUT2D eigenvalue weighted by Crippen LogP contribution is -2.30. The highest BCUT2D eigenvalue weighted by molar-refractivity contribution is 7.89. The first kappa shape index (κ1) is 22.6. The van der Waals surface area contributed by atoms with E-state index in [1.165, 1.54) is 36.4 Å². The maximum Gasteiger partial charge on any atom is 0.321 e. The monoisotopic (exact) mass is 486 g/mol. The van der Waals surface area contributed by atoms with Crippen molar-refractivity contribution < 1.29 is 27.3 Å². The van der Waals surface area contributed by atoms with E-state index in [0.717, 1.165) is 6.07 Å². The van der Waals surface area contributed by atoms with Crippen molar-refractivity contribution in [3.05, 3.63) is 68.5 Å². The van der Waals surface area contributed by atoms with Crippen LogP contribution in [-0.4, -0.2) is 36.1 Å². The molecule has 1 N–H and O–H groups in total. The van der Waals surface area contributed by atoms with Gasteiger partial charge in [0.25, 0.3) is 11.6 Å². The number of carbonyl (C=O) groups excluding carboxylic acids is 1. The molecule has 0 fully saturated rings. The van der Waals surface area contributed by atoms with Gasteiger partial charge >= 0.3 is 5.97 Å². The zero-order chi connectivity index (χ0) is 22.6. The number of aromatic nitrogens is 2. The standard InChI is InChI=1S/C17H12Cl2N4O7S/c18-13-6-5-12(7-14(13)19)31(27,28)20-8-16(24)29-9-15-21-22-17(30-15)10-1-3-11(4-2-10)23(25)26/h1-7,20H,8-9H2. The molecule has 0 saturated heterocycles. The normalized spacial score (nSPS) is 11.3. The molecule has 14 heteroatoms. The van der Waals surface area contributed by atoms with Crippen molar-refractivity contribution in [2.75, 3.05) is 6.54 Å². The van der Waals surface area contributed by atoms with Crippen LogP contribution in [0.4, 0.5) is 5.69 Å². The molecule has 1 heterocycles. The van der Waals surface area contributed by atoms with Gasteiger partial charge in [0.2, 0.25) is 15.9 Å². The van der Waals surface area contributed by atoms with Crippen molar-refractivity contribution >= 4 is 44.9 Å². The number of esters is 1. The Labute approximate surface area is 185 Å². The summed E-state index contributed by atoms with van der Waals surface area (Å²) in [6.07, 6.45) is 0. The smallest absolute Gasteiger partial charge is 0.321 e. The molecule has 31 heavy (non-hydrogen) atoms. The number of nitro benzene ring substituents is 1. The summed E-state index contributed by atoms with van der Waals surface area (Å²) in [7, 11) is -4.01. The molecule has 2 aromatic carbocycles. The van der Waals surface area contributed by atoms with Gasteiger partial charge in [-0.25, -0.2) is 8.42 Å². The van der Waals surface area contributed by atoms with E-state index >= 15 is 0 Å². The van der Waals surface area contributed by atoms with E-state index in [1.54, 1.807) is 0 Å². The Kier molecular flexibility index (Phi) is 6.85. The Morgan fingerprint density at radius 1 is 1.13 bits per heavy atom. The Morgan fingerprint density at radius 3 is 2.48 bits per heavy atom. The molecule has 0 radical (unpaired) electrons. The predicted octanol–water partition coefficient (Wildman–Crippen LogP) is 2.97. The third-order valence-electron chi connectivity index (χ3n) is 3.76. The van der Waals surface area contributed by atoms with Crippen LogP contribution in [0.15, 0.2) is 51.8 Å². The molecule has 0 aliphatic rings. The van der Waals surface area contributed by atoms with Gasteiger partial charge in [0.15, 0.2) is 6.61 Å². The fraction of sp³-hybridized carbons (Fsp3) is 0.118. The first-order chi connectivity index (χ1) is 14.7. The number of hydrogen-bond donors (Lipinski definition) is 1. The molecule has 1 aromatic heterocycles. The molecule has 0 amide bonds. The van der Waals surface area contributed by atoms with Crippen LogP contribution in [0.5, 0.6) is 0 Å². The zero-order valence-corrected chi connectivity index (χ0v) is 17.6. The Bertz CT molecular complexity index is 1230. The zero-order valence-electron chi connectivity index (χ0n) is 15.3. The van der Waals surface area contributed by atoms with Crippen LogP contribution in [0, 0.1) is 10.1 Å². The number of ether oxygens (including phenoxy) is 1. The van der Waals surface area contributed by atoms with E-state index in [0.29, 0.717) is 5.56 Å². The minimum absolute atomic E-state index is 0.0472. The molecular formula is C17H12Cl2N4O7S. The second-order valence-electron chi connectivity index (χ2n) is 5.87. The molecular weight excluding hydrogens is 475 g/mol. The van der Waals surface area contributed by atoms with Crippen molar-refractivity contribution in [3.63, 3.8) is 0 Å². The van der Waals surface area contributed by atoms with Gasteiger partial charge in [-0.05, 0) is 30.3 Å². The SMILES string of the molecule is O=C(CNS(=O)(=O)c1ccc(Cl)c(Cl)c1)OCc1nnc(-c2ccc([N+](=O)[O-])cc2)o1. The number of rotatable bonds is 8. The third kappa shape index (κ3) is 5.76. The summed E-state index contributed by atoms with van der Waals surface area (Å²) in [4.78, 5) is 21.8. The Balaban J connectivity index is 1.54. The highest BCUT2D eigenvalue weighted by Crippen LogP contribution is 2.25. The number of sulfonamides is 1. The van der Waals surface area contributed by atoms with Crippen LogP contribution in [0.25, 0.3) is 11.5 Å². The minimum Gasteiger partial charge on any atom is -0.455 e. The van der Waals surface area contributed by atoms with Gasteiger partial charge in [-0.3, -0.25) is 14.9 Å². The second-order valence-corrected chi connectivity index (χ2v) is 8.45. The number of hydrogen-bond acceptors (Lipinski definition) is 9. The predicted molar refractivity (Wildman–Crippen MR) is 108 cm³/mol. The number of benzene rings is 2. The first-order valence-electron chi connectivity index (χ1n) is 8.33. The van der Waals surface area contributed by atoms with E-state index < -0.39 is 34.1 Å². The average molecular weight is 487 g/mol. The van der Waals surface area contributed by atoms with Gasteiger partial charge in [0, 0.05) is 17.7 Å². The van der Waals surface area contributed by atoms with Crippen LogP contribution in [-0.2, 0) is 26.2 Å². The largest absolute Gasteiger partial charge is 0.455 e. The van der Waals surface area contributed by atoms with Gasteiger partial charge < -0.3 is 9.15 Å². The molecule has 11 nitrogen and oxygen atoms in total. The lowest BCUT2D eigenvalue weighted by Gasteiger charge is -2.07. The second kappa shape index (κ2) is 9.39. The molecule has 3 aromatic rings. The van der Waals surface area contributed by atoms with Crippen molar-refractivity contribution in [1.29, 1.82) is 0 Å². The lowest BCUT2D eigenvalue weighted by molar-refractivity contribution is -0.384. The quantitative estimate of drug-likeness (QED) is 0.287. The maximum absolute atomic E-state index is 12.2. The van der Waals surface area contributed by atoms with Crippen molar-refractivity contribution in [2.24, 2.45) is 0 Å². The molecule has 0 spiro atoms. The van der Waals surface area contributed by atoms with E-state index in [9.17, 15) is 23.3 Å². The highest BCUT2D eigenvalue weighted by Gasteiger charge is 2.18. The maximum atomic E-state index is 12.2. The third-order valence-corrected chi connectivity index (χ3v) is 5.89. The summed E-state index contributed by atoms with van der Waals surface area (Å²) in [5.74, 6) is -0.867. The number of nitrogens with zero attached hydrogens (tertiary/aromatic N) is 3. The number of non-ortho nitro benzene ring substituents is 1. The van der Waals surface area contributed by atoms with Crippen LogP contribution >= 0.6 is 23.2 Å². The van der Waals surface area contributed by atoms with Gasteiger partial charge in [0.1, 0.15) is 6.54 Å². The Morgan fingerprint density at radius 2 is 1.84 bits per heavy atom. The molecule has 0 aliphatic carbocycles. The summed E-state index contributed by atoms with van der Waals surface area (Å²) >= 11 is 11.5. The van der Waals surface area contributed by atoms with Crippen LogP contribution in [0.2, 0.25) is 10.0 Å². The summed E-state index contributed by atoms with van der Waals surface area (Å²) in [6, 6.07) is 9.11. The molecule has 0 unspecified atom stereocenters. The lowest BCUT2D eigenvalue weighted by atomic mass is 10.2. The summed E-state index contributed by atoms with van der Waals surface area (Å²) in [5.41, 5.74) is 0.339. The average Bonchev–Trinajstić information content (AvgIpc) is 3.22. The van der Waals surface area contributed by atoms with Crippen molar-refractivity contribution in [1.82, 2.24) is 14.9 Å². The fourth-order valence-corrected chi connectivity index (χ4v) is 3.59. The van der Waals surface area contributed by atoms with E-state index in [4.69, 9.17) is 32.4 Å². The van der Waals surface area contributed by atoms with Crippen LogP contribution in [0.1, 0.15) is 5.89 Å². The van der Waals surface area contributed by atoms with Gasteiger partial charge in [0.05, 0.1) is 19.9 Å². The van der Waals surface area contributed by atoms with Crippen molar-refractivity contribution in [3.8, 4) is 11.5 Å². The summed E-state index contributed by atoms with van der Waals surface area (Å²) in [5, 5.41) is 18.4. The van der Waals surface area contributed by atoms with Gasteiger partial charge in [-0.1, -0.05) is 23.2 Å². The summed E-state index contributed by atoms with van der Waals surface area (Å²) < 4.78 is 36.7. The molecule has 3 rings (SSSR count). The van der Waals surface area contributed by atoms with E-state index in [-0.39, 0.29) is 32.4 Å². The molecule has 0 aliphatic heterocycles. The van der Waals surface area contributed by atoms with E-state index in [1.807, 2.05) is 0 Å². The highest BCUT2D eigenvalue weighted by atomic mass is 35.5. The van der Waals surface area contributed by atoms with E-state index in [2.05, 4.69) is 14.9 Å². The van der Waals surface area contributed by atoms with Crippen LogP contribution in [0.3, 0.4) is 0 Å². The molecule has 0 atom stereocenters. The van der Waals surface area contributed by atoms with Crippen molar-refractivity contribution in [2.45, 2.75) is 11.5 Å². The molecule has 162 valence electrons. The number of nitrogens with one attached hydrogen (secondary N) is 1. The molecule has 0 bridgehead atoms. The minimum atomic E-state index is -4.01. The van der Waals surface area contributed by atoms with Gasteiger partial charge in [-0.15, -0.1) is 10.2 Å². The van der Waals surface area contributed by atoms with Gasteiger partial charge in [-0.2, -0.15) is 4.72 Å². The fourth-order valence-electron chi connectivity index (χ4n) is 2.23. The number of carbonyl (C=O) groups is 1. The topological polar surface area (TPSA) is 155 Å². The molecule has 0 saturated carbocycles. The first-order valence-corrected chi connectivity index (χ1v) is 10.6. The number of halogens is 2.